The van der Waals surface area contributed by atoms with E-state index in [0.717, 1.165) is 24.4 Å². The van der Waals surface area contributed by atoms with Crippen molar-refractivity contribution in [1.29, 1.82) is 0 Å². The fraction of sp³-hybridized carbons (Fsp3) is 0.516. The Bertz CT molecular complexity index is 1590. The van der Waals surface area contributed by atoms with Crippen molar-refractivity contribution in [3.8, 4) is 0 Å². The molecular weight excluding hydrogens is 643 g/mol. The number of aliphatic hydroxyl groups is 1. The third-order valence-corrected chi connectivity index (χ3v) is 11.7. The van der Waals surface area contributed by atoms with Crippen LogP contribution in [0.25, 0.3) is 0 Å². The number of morpholine rings is 1. The van der Waals surface area contributed by atoms with E-state index in [-0.39, 0.29) is 48.7 Å². The van der Waals surface area contributed by atoms with Gasteiger partial charge in [0.05, 0.1) is 42.9 Å². The van der Waals surface area contributed by atoms with Crippen molar-refractivity contribution in [3.05, 3.63) is 77.0 Å². The number of hydrogen-bond acceptors (Lipinski definition) is 10. The van der Waals surface area contributed by atoms with Crippen molar-refractivity contribution < 1.29 is 36.2 Å². The Morgan fingerprint density at radius 1 is 1.13 bits per heavy atom. The molecule has 0 spiro atoms. The van der Waals surface area contributed by atoms with Crippen molar-refractivity contribution in [2.75, 3.05) is 44.3 Å². The molecule has 46 heavy (non-hydrogen) atoms. The second-order valence-corrected chi connectivity index (χ2v) is 14.6. The van der Waals surface area contributed by atoms with E-state index in [0.29, 0.717) is 44.6 Å². The molecular formula is C31H36F3N5O5S2. The smallest absolute Gasteiger partial charge is 0.378 e. The number of fused-ring (bicyclic) bond motifs is 2. The topological polar surface area (TPSA) is 108 Å². The molecule has 248 valence electrons. The van der Waals surface area contributed by atoms with Crippen LogP contribution in [0.3, 0.4) is 0 Å². The Kier molecular flexibility index (Phi) is 9.37. The Morgan fingerprint density at radius 2 is 1.87 bits per heavy atom. The van der Waals surface area contributed by atoms with Gasteiger partial charge in [0, 0.05) is 61.5 Å². The van der Waals surface area contributed by atoms with Crippen LogP contribution >= 0.6 is 12.2 Å². The van der Waals surface area contributed by atoms with Gasteiger partial charge in [0.25, 0.3) is 0 Å². The molecule has 4 heterocycles. The maximum Gasteiger partial charge on any atom is 0.421 e. The maximum atomic E-state index is 13.8. The lowest BCUT2D eigenvalue weighted by molar-refractivity contribution is -0.259. The summed E-state index contributed by atoms with van der Waals surface area (Å²) in [4.78, 5) is 13.0. The number of benzene rings is 1. The largest absolute Gasteiger partial charge is 0.421 e. The first kappa shape index (κ1) is 33.1. The van der Waals surface area contributed by atoms with E-state index in [9.17, 15) is 26.7 Å². The van der Waals surface area contributed by atoms with Crippen molar-refractivity contribution >= 4 is 33.1 Å². The van der Waals surface area contributed by atoms with E-state index < -0.39 is 33.4 Å². The van der Waals surface area contributed by atoms with Crippen molar-refractivity contribution in [2.24, 2.45) is 0 Å². The van der Waals surface area contributed by atoms with E-state index >= 15 is 0 Å². The summed E-state index contributed by atoms with van der Waals surface area (Å²) in [5.41, 5.74) is -2.55. The predicted molar refractivity (Wildman–Crippen MR) is 168 cm³/mol. The fourth-order valence-corrected chi connectivity index (χ4v) is 8.53. The molecule has 3 saturated heterocycles. The summed E-state index contributed by atoms with van der Waals surface area (Å²) in [7, 11) is -3.91. The van der Waals surface area contributed by atoms with Crippen LogP contribution in [0.5, 0.6) is 0 Å². The van der Waals surface area contributed by atoms with Crippen molar-refractivity contribution in [1.82, 2.24) is 19.2 Å². The molecule has 3 fully saturated rings. The number of allylic oxidation sites excluding steroid dienone is 4. The summed E-state index contributed by atoms with van der Waals surface area (Å²) in [5, 5.41) is 10.1. The van der Waals surface area contributed by atoms with Crippen LogP contribution in [-0.2, 0) is 31.7 Å². The number of nitrogens with zero attached hydrogens (tertiary/aromatic N) is 5. The number of piperazine rings is 1. The molecule has 0 saturated carbocycles. The summed E-state index contributed by atoms with van der Waals surface area (Å²) >= 11 is 5.39. The molecule has 6 rings (SSSR count). The lowest BCUT2D eigenvalue weighted by Crippen LogP contribution is -2.61. The van der Waals surface area contributed by atoms with Gasteiger partial charge in [0.1, 0.15) is 0 Å². The van der Waals surface area contributed by atoms with Gasteiger partial charge in [-0.15, -0.1) is 0 Å². The van der Waals surface area contributed by atoms with Gasteiger partial charge >= 0.3 is 6.18 Å². The molecule has 10 nitrogen and oxygen atoms in total. The van der Waals surface area contributed by atoms with Crippen molar-refractivity contribution in [3.63, 3.8) is 0 Å². The van der Waals surface area contributed by atoms with Gasteiger partial charge in [-0.25, -0.2) is 18.4 Å². The van der Waals surface area contributed by atoms with E-state index in [2.05, 4.69) is 14.9 Å². The highest BCUT2D eigenvalue weighted by atomic mass is 32.2. The zero-order valence-electron chi connectivity index (χ0n) is 25.2. The molecule has 2 bridgehead atoms. The van der Waals surface area contributed by atoms with Crippen LogP contribution < -0.4 is 4.90 Å². The monoisotopic (exact) mass is 679 g/mol. The van der Waals surface area contributed by atoms with Crippen LogP contribution in [0, 0.1) is 0 Å². The summed E-state index contributed by atoms with van der Waals surface area (Å²) in [6, 6.07) is 9.40. The zero-order chi connectivity index (χ0) is 32.7. The number of aromatic nitrogens is 2. The predicted octanol–water partition coefficient (Wildman–Crippen LogP) is 3.34. The van der Waals surface area contributed by atoms with E-state index in [1.807, 2.05) is 41.3 Å². The molecule has 4 unspecified atom stereocenters. The average molecular weight is 680 g/mol. The summed E-state index contributed by atoms with van der Waals surface area (Å²) < 4.78 is 81.7. The summed E-state index contributed by atoms with van der Waals surface area (Å²) in [5.74, 6) is 0.150. The second kappa shape index (κ2) is 13.0. The van der Waals surface area contributed by atoms with Crippen LogP contribution in [0.1, 0.15) is 30.9 Å². The first-order valence-electron chi connectivity index (χ1n) is 15.1. The number of ether oxygens (including phenoxy) is 2. The van der Waals surface area contributed by atoms with Gasteiger partial charge in [-0.3, -0.25) is 4.90 Å². The van der Waals surface area contributed by atoms with Crippen LogP contribution in [-0.4, -0.2) is 107 Å². The van der Waals surface area contributed by atoms with Crippen LogP contribution in [0.4, 0.5) is 19.1 Å². The minimum Gasteiger partial charge on any atom is -0.378 e. The van der Waals surface area contributed by atoms with Gasteiger partial charge < -0.3 is 19.5 Å². The highest BCUT2D eigenvalue weighted by Gasteiger charge is 2.52. The lowest BCUT2D eigenvalue weighted by atomic mass is 9.99. The zero-order valence-corrected chi connectivity index (χ0v) is 26.8. The minimum absolute atomic E-state index is 0.0392. The van der Waals surface area contributed by atoms with Gasteiger partial charge in [-0.2, -0.15) is 17.5 Å². The number of alkyl halides is 3. The Balaban J connectivity index is 1.26. The standard InChI is InChI=1S/C31H36F3N5O5S2/c1-30(40,31(32,33)34)22-14-35-29(36-15-22)38-12-11-37(46(41,42)28-10-6-5-9-27(28)45)16-24(38)17-39-23-13-26(25(39)20-43-19-23)44-18-21-7-3-2-4-8-21/h2-8,10,14-15,23-26,40H,9,11-13,16-20H2,1H3/t23?,24-,25?,26?,30?/m1/s1. The number of halogens is 3. The number of anilines is 1. The molecule has 3 aliphatic heterocycles. The molecule has 2 aromatic rings. The van der Waals surface area contributed by atoms with Gasteiger partial charge in [-0.05, 0) is 25.0 Å². The Labute approximate surface area is 271 Å². The Morgan fingerprint density at radius 3 is 2.57 bits per heavy atom. The first-order chi connectivity index (χ1) is 21.9. The molecule has 5 atom stereocenters. The number of hydrogen-bond donors (Lipinski definition) is 1. The number of rotatable bonds is 9. The van der Waals surface area contributed by atoms with Gasteiger partial charge in [0.2, 0.25) is 16.0 Å². The molecule has 1 N–H and O–H groups in total. The normalized spacial score (nSPS) is 27.5. The minimum atomic E-state index is -4.92. The molecule has 1 aromatic heterocycles. The molecule has 15 heteroatoms. The first-order valence-corrected chi connectivity index (χ1v) is 17.0. The Hall–Kier alpha value is -2.79. The van der Waals surface area contributed by atoms with Crippen molar-refractivity contribution in [2.45, 2.75) is 62.4 Å². The van der Waals surface area contributed by atoms with E-state index in [1.54, 1.807) is 6.08 Å². The van der Waals surface area contributed by atoms with E-state index in [4.69, 9.17) is 21.7 Å². The van der Waals surface area contributed by atoms with Gasteiger partial charge in [-0.1, -0.05) is 54.7 Å². The van der Waals surface area contributed by atoms with Crippen LogP contribution in [0.2, 0.25) is 0 Å². The molecule has 1 aromatic carbocycles. The number of sulfonamides is 1. The van der Waals surface area contributed by atoms with E-state index in [1.165, 1.54) is 10.4 Å². The summed E-state index contributed by atoms with van der Waals surface area (Å²) in [6.07, 6.45) is 3.06. The quantitative estimate of drug-likeness (QED) is 0.397. The fourth-order valence-electron chi connectivity index (χ4n) is 6.46. The molecule has 0 radical (unpaired) electrons. The summed E-state index contributed by atoms with van der Waals surface area (Å²) in [6.45, 7) is 2.87. The SMILES string of the molecule is CC(O)(c1cnc(N2CCN(S(=O)(=O)C3=CC=CCC3=S)C[C@@H]2CN2C3COCC2C(OCc2ccccc2)C3)nc1)C(F)(F)F. The highest BCUT2D eigenvalue weighted by Crippen LogP contribution is 2.38. The lowest BCUT2D eigenvalue weighted by Gasteiger charge is -2.45. The second-order valence-electron chi connectivity index (χ2n) is 12.2. The molecule has 1 aliphatic carbocycles. The molecule has 0 amide bonds. The third kappa shape index (κ3) is 6.50. The van der Waals surface area contributed by atoms with Gasteiger partial charge in [0.15, 0.2) is 5.60 Å². The maximum absolute atomic E-state index is 13.8. The third-order valence-electron chi connectivity index (χ3n) is 9.19. The highest BCUT2D eigenvalue weighted by molar-refractivity contribution is 7.96. The van der Waals surface area contributed by atoms with Crippen LogP contribution in [0.15, 0.2) is 65.9 Å². The average Bonchev–Trinajstić information content (AvgIpc) is 3.20. The number of thiocarbonyl (C=S) groups is 1. The molecule has 4 aliphatic rings.